The summed E-state index contributed by atoms with van der Waals surface area (Å²) in [7, 11) is 0. The van der Waals surface area contributed by atoms with Crippen LogP contribution in [0.3, 0.4) is 0 Å². The van der Waals surface area contributed by atoms with Crippen molar-refractivity contribution in [2.75, 3.05) is 6.54 Å². The van der Waals surface area contributed by atoms with E-state index in [1.54, 1.807) is 0 Å². The number of benzene rings is 2. The second kappa shape index (κ2) is 7.05. The van der Waals surface area contributed by atoms with E-state index in [1.807, 2.05) is 12.1 Å². The van der Waals surface area contributed by atoms with E-state index in [4.69, 9.17) is 0 Å². The second-order valence-corrected chi connectivity index (χ2v) is 7.07. The number of hydrogen-bond acceptors (Lipinski definition) is 1. The van der Waals surface area contributed by atoms with E-state index in [0.717, 1.165) is 10.9 Å². The van der Waals surface area contributed by atoms with Gasteiger partial charge in [-0.25, -0.2) is 4.39 Å². The minimum atomic E-state index is -0.341. The highest BCUT2D eigenvalue weighted by Crippen LogP contribution is 2.22. The van der Waals surface area contributed by atoms with E-state index in [0.29, 0.717) is 12.1 Å². The van der Waals surface area contributed by atoms with Gasteiger partial charge in [0.2, 0.25) is 0 Å². The van der Waals surface area contributed by atoms with Gasteiger partial charge in [-0.1, -0.05) is 41.9 Å². The molecule has 0 aliphatic heterocycles. The van der Waals surface area contributed by atoms with Gasteiger partial charge in [0.05, 0.1) is 0 Å². The molecule has 2 aromatic rings. The molecule has 0 unspecified atom stereocenters. The summed E-state index contributed by atoms with van der Waals surface area (Å²) in [6.07, 6.45) is 0.865. The second-order valence-electron chi connectivity index (χ2n) is 6.16. The molecule has 0 radical (unpaired) electrons. The lowest BCUT2D eigenvalue weighted by Crippen LogP contribution is -2.35. The van der Waals surface area contributed by atoms with E-state index in [-0.39, 0.29) is 17.1 Å². The molecule has 116 valence electrons. The standard InChI is InChI=1S/C18H19BrFNO/c1-18(2,11-13-3-7-15(19)8-4-13)12-21-17(22)14-5-9-16(20)10-6-14/h3-10H,11-12H2,1-2H3,(H,21,22). The summed E-state index contributed by atoms with van der Waals surface area (Å²) in [5.74, 6) is -0.518. The van der Waals surface area contributed by atoms with Crippen LogP contribution >= 0.6 is 15.9 Å². The van der Waals surface area contributed by atoms with Crippen molar-refractivity contribution in [3.63, 3.8) is 0 Å². The molecule has 0 aliphatic rings. The van der Waals surface area contributed by atoms with Gasteiger partial charge in [-0.15, -0.1) is 0 Å². The number of hydrogen-bond donors (Lipinski definition) is 1. The van der Waals surface area contributed by atoms with Crippen LogP contribution in [0.4, 0.5) is 4.39 Å². The summed E-state index contributed by atoms with van der Waals surface area (Å²) in [4.78, 5) is 12.1. The van der Waals surface area contributed by atoms with Gasteiger partial charge in [-0.2, -0.15) is 0 Å². The first-order valence-electron chi connectivity index (χ1n) is 7.14. The molecule has 0 spiro atoms. The first-order valence-corrected chi connectivity index (χ1v) is 7.93. The van der Waals surface area contributed by atoms with Crippen LogP contribution in [0, 0.1) is 11.2 Å². The molecule has 0 heterocycles. The molecule has 2 rings (SSSR count). The third-order valence-corrected chi connectivity index (χ3v) is 3.96. The Bertz CT molecular complexity index is 635. The van der Waals surface area contributed by atoms with Crippen molar-refractivity contribution in [1.29, 1.82) is 0 Å². The van der Waals surface area contributed by atoms with Crippen molar-refractivity contribution in [2.24, 2.45) is 5.41 Å². The van der Waals surface area contributed by atoms with Gasteiger partial charge in [0, 0.05) is 16.6 Å². The van der Waals surface area contributed by atoms with Gasteiger partial charge >= 0.3 is 0 Å². The molecule has 1 N–H and O–H groups in total. The zero-order chi connectivity index (χ0) is 16.2. The number of nitrogens with one attached hydrogen (secondary N) is 1. The van der Waals surface area contributed by atoms with Crippen LogP contribution in [0.5, 0.6) is 0 Å². The molecule has 2 nitrogen and oxygen atoms in total. The van der Waals surface area contributed by atoms with Gasteiger partial charge in [0.25, 0.3) is 5.91 Å². The zero-order valence-corrected chi connectivity index (χ0v) is 14.3. The number of amides is 1. The van der Waals surface area contributed by atoms with Crippen molar-refractivity contribution in [1.82, 2.24) is 5.32 Å². The fraction of sp³-hybridized carbons (Fsp3) is 0.278. The Labute approximate surface area is 138 Å². The molecular weight excluding hydrogens is 345 g/mol. The van der Waals surface area contributed by atoms with Gasteiger partial charge in [0.1, 0.15) is 5.82 Å². The highest BCUT2D eigenvalue weighted by molar-refractivity contribution is 9.10. The molecule has 0 fully saturated rings. The molecule has 0 aromatic heterocycles. The number of carbonyl (C=O) groups excluding carboxylic acids is 1. The maximum absolute atomic E-state index is 12.9. The van der Waals surface area contributed by atoms with Crippen molar-refractivity contribution in [3.8, 4) is 0 Å². The maximum Gasteiger partial charge on any atom is 0.251 e. The molecule has 0 aliphatic carbocycles. The van der Waals surface area contributed by atoms with Crippen LogP contribution in [0.2, 0.25) is 0 Å². The van der Waals surface area contributed by atoms with E-state index >= 15 is 0 Å². The third-order valence-electron chi connectivity index (χ3n) is 3.43. The quantitative estimate of drug-likeness (QED) is 0.826. The lowest BCUT2D eigenvalue weighted by molar-refractivity contribution is 0.0936. The molecule has 4 heteroatoms. The fourth-order valence-electron chi connectivity index (χ4n) is 2.24. The lowest BCUT2D eigenvalue weighted by atomic mass is 9.85. The third kappa shape index (κ3) is 4.95. The van der Waals surface area contributed by atoms with Gasteiger partial charge in [0.15, 0.2) is 0 Å². The molecule has 22 heavy (non-hydrogen) atoms. The first kappa shape index (κ1) is 16.7. The van der Waals surface area contributed by atoms with Gasteiger partial charge < -0.3 is 5.32 Å². The highest BCUT2D eigenvalue weighted by Gasteiger charge is 2.20. The van der Waals surface area contributed by atoms with E-state index in [1.165, 1.54) is 29.8 Å². The summed E-state index contributed by atoms with van der Waals surface area (Å²) >= 11 is 3.42. The van der Waals surface area contributed by atoms with Gasteiger partial charge in [-0.05, 0) is 53.8 Å². The predicted molar refractivity (Wildman–Crippen MR) is 90.4 cm³/mol. The SMILES string of the molecule is CC(C)(CNC(=O)c1ccc(F)cc1)Cc1ccc(Br)cc1. The van der Waals surface area contributed by atoms with Crippen molar-refractivity contribution < 1.29 is 9.18 Å². The molecule has 2 aromatic carbocycles. The molecule has 0 bridgehead atoms. The zero-order valence-electron chi connectivity index (χ0n) is 12.7. The first-order chi connectivity index (χ1) is 10.4. The number of halogens is 2. The Hall–Kier alpha value is -1.68. The average molecular weight is 364 g/mol. The largest absolute Gasteiger partial charge is 0.351 e. The number of carbonyl (C=O) groups is 1. The van der Waals surface area contributed by atoms with Gasteiger partial charge in [-0.3, -0.25) is 4.79 Å². The molecule has 0 saturated heterocycles. The Balaban J connectivity index is 1.92. The van der Waals surface area contributed by atoms with E-state index in [9.17, 15) is 9.18 Å². The normalized spacial score (nSPS) is 11.3. The molecule has 1 amide bonds. The van der Waals surface area contributed by atoms with Crippen LogP contribution in [-0.4, -0.2) is 12.5 Å². The van der Waals surface area contributed by atoms with E-state index in [2.05, 4.69) is 47.2 Å². The minimum Gasteiger partial charge on any atom is -0.351 e. The predicted octanol–water partition coefficient (Wildman–Crippen LogP) is 4.59. The molecule has 0 atom stereocenters. The van der Waals surface area contributed by atoms with Crippen molar-refractivity contribution in [3.05, 3.63) is 69.9 Å². The van der Waals surface area contributed by atoms with E-state index < -0.39 is 0 Å². The Morgan fingerprint density at radius 3 is 2.27 bits per heavy atom. The van der Waals surface area contributed by atoms with Crippen LogP contribution < -0.4 is 5.32 Å². The smallest absolute Gasteiger partial charge is 0.251 e. The lowest BCUT2D eigenvalue weighted by Gasteiger charge is -2.25. The number of rotatable bonds is 5. The summed E-state index contributed by atoms with van der Waals surface area (Å²) in [6.45, 7) is 4.78. The summed E-state index contributed by atoms with van der Waals surface area (Å²) < 4.78 is 13.9. The Kier molecular flexibility index (Phi) is 5.35. The van der Waals surface area contributed by atoms with Crippen LogP contribution in [-0.2, 0) is 6.42 Å². The summed E-state index contributed by atoms with van der Waals surface area (Å²) in [6, 6.07) is 13.8. The van der Waals surface area contributed by atoms with Crippen LogP contribution in [0.25, 0.3) is 0 Å². The summed E-state index contributed by atoms with van der Waals surface area (Å²) in [5, 5.41) is 2.92. The molecule has 0 saturated carbocycles. The average Bonchev–Trinajstić information content (AvgIpc) is 2.48. The summed E-state index contributed by atoms with van der Waals surface area (Å²) in [5.41, 5.74) is 1.63. The minimum absolute atomic E-state index is 0.0660. The highest BCUT2D eigenvalue weighted by atomic mass is 79.9. The monoisotopic (exact) mass is 363 g/mol. The van der Waals surface area contributed by atoms with Crippen molar-refractivity contribution >= 4 is 21.8 Å². The van der Waals surface area contributed by atoms with Crippen LogP contribution in [0.15, 0.2) is 53.0 Å². The Morgan fingerprint density at radius 2 is 1.68 bits per heavy atom. The topological polar surface area (TPSA) is 29.1 Å². The van der Waals surface area contributed by atoms with Crippen molar-refractivity contribution in [2.45, 2.75) is 20.3 Å². The Morgan fingerprint density at radius 1 is 1.09 bits per heavy atom. The fourth-order valence-corrected chi connectivity index (χ4v) is 2.50. The van der Waals surface area contributed by atoms with Crippen LogP contribution in [0.1, 0.15) is 29.8 Å². The maximum atomic E-state index is 12.9. The molecular formula is C18H19BrFNO.